The Hall–Kier alpha value is -1.55. The second kappa shape index (κ2) is 6.57. The molecule has 4 nitrogen and oxygen atoms in total. The Morgan fingerprint density at radius 3 is 2.47 bits per heavy atom. The summed E-state index contributed by atoms with van der Waals surface area (Å²) in [7, 11) is 3.37. The van der Waals surface area contributed by atoms with E-state index < -0.39 is 0 Å². The predicted molar refractivity (Wildman–Crippen MR) is 76.9 cm³/mol. The van der Waals surface area contributed by atoms with Crippen molar-refractivity contribution in [2.45, 2.75) is 33.6 Å². The summed E-state index contributed by atoms with van der Waals surface area (Å²) in [6.07, 6.45) is 0.817. The molecular weight excluding hydrogens is 242 g/mol. The molecule has 19 heavy (non-hydrogen) atoms. The molecule has 0 saturated carbocycles. The lowest BCUT2D eigenvalue weighted by molar-refractivity contribution is -0.118. The minimum Gasteiger partial charge on any atom is -0.494 e. The van der Waals surface area contributed by atoms with E-state index in [2.05, 4.69) is 6.07 Å². The first-order valence-corrected chi connectivity index (χ1v) is 6.46. The number of rotatable bonds is 5. The van der Waals surface area contributed by atoms with Gasteiger partial charge < -0.3 is 14.7 Å². The highest BCUT2D eigenvalue weighted by molar-refractivity contribution is 5.95. The Kier molecular flexibility index (Phi) is 5.36. The van der Waals surface area contributed by atoms with Gasteiger partial charge in [-0.2, -0.15) is 0 Å². The summed E-state index contributed by atoms with van der Waals surface area (Å²) < 4.78 is 5.47. The Balaban J connectivity index is 3.18. The molecule has 0 unspecified atom stereocenters. The summed E-state index contributed by atoms with van der Waals surface area (Å²) in [4.78, 5) is 13.7. The van der Waals surface area contributed by atoms with Gasteiger partial charge in [-0.1, -0.05) is 6.07 Å². The van der Waals surface area contributed by atoms with Gasteiger partial charge in [0.25, 0.3) is 0 Å². The van der Waals surface area contributed by atoms with Crippen LogP contribution in [-0.4, -0.2) is 31.8 Å². The highest BCUT2D eigenvalue weighted by Crippen LogP contribution is 2.36. The number of nitrogens with zero attached hydrogens (tertiary/aromatic N) is 1. The zero-order valence-corrected chi connectivity index (χ0v) is 12.4. The largest absolute Gasteiger partial charge is 0.494 e. The van der Waals surface area contributed by atoms with E-state index in [1.165, 1.54) is 0 Å². The van der Waals surface area contributed by atoms with Crippen molar-refractivity contribution in [3.8, 4) is 5.75 Å². The van der Waals surface area contributed by atoms with E-state index in [1.54, 1.807) is 19.1 Å². The lowest BCUT2D eigenvalue weighted by atomic mass is 10.0. The van der Waals surface area contributed by atoms with Crippen LogP contribution < -0.4 is 9.64 Å². The van der Waals surface area contributed by atoms with Crippen LogP contribution in [0.3, 0.4) is 0 Å². The minimum absolute atomic E-state index is 0.0151. The molecule has 1 aromatic carbocycles. The lowest BCUT2D eigenvalue weighted by Crippen LogP contribution is -2.27. The number of carbonyl (C=O) groups is 1. The molecule has 0 radical (unpaired) electrons. The molecule has 0 spiro atoms. The zero-order chi connectivity index (χ0) is 14.6. The van der Waals surface area contributed by atoms with Crippen molar-refractivity contribution in [3.63, 3.8) is 0 Å². The fourth-order valence-electron chi connectivity index (χ4n) is 2.23. The summed E-state index contributed by atoms with van der Waals surface area (Å²) in [6.45, 7) is 6.02. The van der Waals surface area contributed by atoms with Crippen molar-refractivity contribution in [1.82, 2.24) is 0 Å². The van der Waals surface area contributed by atoms with Crippen molar-refractivity contribution in [1.29, 1.82) is 0 Å². The van der Waals surface area contributed by atoms with Gasteiger partial charge in [0.15, 0.2) is 0 Å². The second-order valence-electron chi connectivity index (χ2n) is 4.80. The molecule has 4 heteroatoms. The van der Waals surface area contributed by atoms with Crippen molar-refractivity contribution in [2.24, 2.45) is 0 Å². The molecule has 0 aliphatic carbocycles. The van der Waals surface area contributed by atoms with E-state index in [4.69, 9.17) is 9.84 Å². The zero-order valence-electron chi connectivity index (χ0n) is 12.4. The Morgan fingerprint density at radius 2 is 1.95 bits per heavy atom. The van der Waals surface area contributed by atoms with Crippen LogP contribution in [0.5, 0.6) is 5.75 Å². The highest BCUT2D eigenvalue weighted by Gasteiger charge is 2.20. The van der Waals surface area contributed by atoms with Crippen molar-refractivity contribution < 1.29 is 14.6 Å². The molecule has 1 N–H and O–H groups in total. The van der Waals surface area contributed by atoms with Gasteiger partial charge in [-0.05, 0) is 43.9 Å². The normalized spacial score (nSPS) is 10.4. The SMILES string of the molecule is COc1c(C)c(C)cc(C)c1N(C)C(=O)CCCO. The third-order valence-corrected chi connectivity index (χ3v) is 3.42. The van der Waals surface area contributed by atoms with Crippen LogP contribution >= 0.6 is 0 Å². The summed E-state index contributed by atoms with van der Waals surface area (Å²) in [5, 5.41) is 8.81. The molecular formula is C15H23NO3. The maximum atomic E-state index is 12.1. The van der Waals surface area contributed by atoms with Gasteiger partial charge in [0, 0.05) is 20.1 Å². The van der Waals surface area contributed by atoms with E-state index in [0.717, 1.165) is 28.1 Å². The number of aliphatic hydroxyl groups is 1. The smallest absolute Gasteiger partial charge is 0.226 e. The summed E-state index contributed by atoms with van der Waals surface area (Å²) in [5.41, 5.74) is 4.02. The van der Waals surface area contributed by atoms with Crippen molar-refractivity contribution in [3.05, 3.63) is 22.8 Å². The topological polar surface area (TPSA) is 49.8 Å². The number of hydrogen-bond donors (Lipinski definition) is 1. The number of amides is 1. The fourth-order valence-corrected chi connectivity index (χ4v) is 2.23. The van der Waals surface area contributed by atoms with Crippen LogP contribution in [0.25, 0.3) is 0 Å². The summed E-state index contributed by atoms with van der Waals surface area (Å²) >= 11 is 0. The van der Waals surface area contributed by atoms with E-state index in [9.17, 15) is 4.79 Å². The number of carbonyl (C=O) groups excluding carboxylic acids is 1. The number of hydrogen-bond acceptors (Lipinski definition) is 3. The predicted octanol–water partition coefficient (Wildman–Crippen LogP) is 2.36. The average molecular weight is 265 g/mol. The van der Waals surface area contributed by atoms with Crippen molar-refractivity contribution in [2.75, 3.05) is 25.7 Å². The van der Waals surface area contributed by atoms with Crippen LogP contribution in [0.2, 0.25) is 0 Å². The van der Waals surface area contributed by atoms with Crippen LogP contribution in [-0.2, 0) is 4.79 Å². The first-order chi connectivity index (χ1) is 8.93. The van der Waals surface area contributed by atoms with E-state index >= 15 is 0 Å². The van der Waals surface area contributed by atoms with Gasteiger partial charge in [0.1, 0.15) is 5.75 Å². The quantitative estimate of drug-likeness (QED) is 0.889. The number of anilines is 1. The van der Waals surface area contributed by atoms with Crippen LogP contribution in [0.15, 0.2) is 6.07 Å². The molecule has 0 fully saturated rings. The first kappa shape index (κ1) is 15.5. The Labute approximate surface area is 115 Å². The van der Waals surface area contributed by atoms with Crippen LogP contribution in [0.1, 0.15) is 29.5 Å². The maximum absolute atomic E-state index is 12.1. The summed E-state index contributed by atoms with van der Waals surface area (Å²) in [6, 6.07) is 2.06. The number of methoxy groups -OCH3 is 1. The van der Waals surface area contributed by atoms with Crippen LogP contribution in [0, 0.1) is 20.8 Å². The highest BCUT2D eigenvalue weighted by atomic mass is 16.5. The van der Waals surface area contributed by atoms with E-state index in [1.807, 2.05) is 20.8 Å². The standard InChI is InChI=1S/C15H23NO3/c1-10-9-11(2)14(15(19-5)12(10)3)16(4)13(18)7-6-8-17/h9,17H,6-8H2,1-5H3. The molecule has 0 atom stereocenters. The van der Waals surface area contributed by atoms with Gasteiger partial charge in [0.2, 0.25) is 5.91 Å². The molecule has 0 aliphatic rings. The van der Waals surface area contributed by atoms with Gasteiger partial charge in [-0.15, -0.1) is 0 Å². The molecule has 0 aromatic heterocycles. The number of aliphatic hydroxyl groups excluding tert-OH is 1. The molecule has 1 aromatic rings. The Bertz CT molecular complexity index is 469. The number of aryl methyl sites for hydroxylation is 2. The van der Waals surface area contributed by atoms with Gasteiger partial charge in [0.05, 0.1) is 12.8 Å². The first-order valence-electron chi connectivity index (χ1n) is 6.46. The van der Waals surface area contributed by atoms with E-state index in [-0.39, 0.29) is 12.5 Å². The monoisotopic (exact) mass is 265 g/mol. The summed E-state index contributed by atoms with van der Waals surface area (Å²) in [5.74, 6) is 0.732. The third-order valence-electron chi connectivity index (χ3n) is 3.42. The van der Waals surface area contributed by atoms with Gasteiger partial charge in [-0.3, -0.25) is 4.79 Å². The molecule has 106 valence electrons. The second-order valence-corrected chi connectivity index (χ2v) is 4.80. The average Bonchev–Trinajstić information content (AvgIpc) is 2.38. The Morgan fingerprint density at radius 1 is 1.32 bits per heavy atom. The fraction of sp³-hybridized carbons (Fsp3) is 0.533. The molecule has 1 rings (SSSR count). The molecule has 0 heterocycles. The molecule has 0 saturated heterocycles. The molecule has 1 amide bonds. The number of ether oxygens (including phenoxy) is 1. The lowest BCUT2D eigenvalue weighted by Gasteiger charge is -2.24. The van der Waals surface area contributed by atoms with Crippen molar-refractivity contribution >= 4 is 11.6 Å². The molecule has 0 bridgehead atoms. The third kappa shape index (κ3) is 3.26. The van der Waals surface area contributed by atoms with Crippen LogP contribution in [0.4, 0.5) is 5.69 Å². The van der Waals surface area contributed by atoms with Gasteiger partial charge in [-0.25, -0.2) is 0 Å². The number of benzene rings is 1. The minimum atomic E-state index is -0.0151. The maximum Gasteiger partial charge on any atom is 0.226 e. The van der Waals surface area contributed by atoms with E-state index in [0.29, 0.717) is 12.8 Å². The van der Waals surface area contributed by atoms with Gasteiger partial charge >= 0.3 is 0 Å². The molecule has 0 aliphatic heterocycles.